The molecule has 0 aromatic carbocycles. The Bertz CT molecular complexity index is 467. The van der Waals surface area contributed by atoms with Crippen LogP contribution in [0.2, 0.25) is 10.2 Å². The summed E-state index contributed by atoms with van der Waals surface area (Å²) in [6, 6.07) is 1.73. The van der Waals surface area contributed by atoms with Crippen molar-refractivity contribution in [3.05, 3.63) is 28.0 Å². The van der Waals surface area contributed by atoms with Gasteiger partial charge in [-0.05, 0) is 63.8 Å². The van der Waals surface area contributed by atoms with Crippen molar-refractivity contribution in [3.63, 3.8) is 0 Å². The van der Waals surface area contributed by atoms with E-state index in [-0.39, 0.29) is 0 Å². The second-order valence-corrected chi connectivity index (χ2v) is 7.12. The third-order valence-corrected chi connectivity index (χ3v) is 5.27. The number of hydrogen-bond donors (Lipinski definition) is 0. The molecule has 0 bridgehead atoms. The number of piperidine rings is 1. The van der Waals surface area contributed by atoms with Crippen molar-refractivity contribution >= 4 is 23.2 Å². The summed E-state index contributed by atoms with van der Waals surface area (Å²) < 4.78 is 0. The molecule has 1 aromatic rings. The number of halogens is 2. The van der Waals surface area contributed by atoms with Crippen molar-refractivity contribution in [3.8, 4) is 0 Å². The molecule has 3 rings (SSSR count). The van der Waals surface area contributed by atoms with Crippen molar-refractivity contribution in [1.82, 2.24) is 14.8 Å². The Labute approximate surface area is 137 Å². The van der Waals surface area contributed by atoms with Crippen LogP contribution in [0.15, 0.2) is 12.3 Å². The molecule has 0 spiro atoms. The van der Waals surface area contributed by atoms with Crippen molar-refractivity contribution in [2.75, 3.05) is 32.7 Å². The lowest BCUT2D eigenvalue weighted by Crippen LogP contribution is -2.37. The first-order valence-electron chi connectivity index (χ1n) is 7.95. The van der Waals surface area contributed by atoms with Gasteiger partial charge in [0.05, 0.1) is 0 Å². The van der Waals surface area contributed by atoms with Crippen LogP contribution >= 0.6 is 23.2 Å². The van der Waals surface area contributed by atoms with Gasteiger partial charge in [0.15, 0.2) is 0 Å². The van der Waals surface area contributed by atoms with Crippen LogP contribution in [-0.2, 0) is 6.54 Å². The monoisotopic (exact) mass is 327 g/mol. The Morgan fingerprint density at radius 3 is 2.43 bits per heavy atom. The Balaban J connectivity index is 1.46. The van der Waals surface area contributed by atoms with Gasteiger partial charge in [-0.2, -0.15) is 0 Å². The summed E-state index contributed by atoms with van der Waals surface area (Å²) >= 11 is 12.1. The first kappa shape index (κ1) is 15.5. The maximum atomic E-state index is 6.23. The third-order valence-electron chi connectivity index (χ3n) is 4.71. The van der Waals surface area contributed by atoms with Gasteiger partial charge in [-0.1, -0.05) is 23.2 Å². The van der Waals surface area contributed by atoms with Crippen LogP contribution in [0.4, 0.5) is 0 Å². The summed E-state index contributed by atoms with van der Waals surface area (Å²) in [5, 5.41) is 1.20. The molecular formula is C16H23Cl2N3. The summed E-state index contributed by atoms with van der Waals surface area (Å²) in [6.45, 7) is 7.14. The number of rotatable bonds is 4. The van der Waals surface area contributed by atoms with Gasteiger partial charge >= 0.3 is 0 Å². The number of hydrogen-bond acceptors (Lipinski definition) is 3. The summed E-state index contributed by atoms with van der Waals surface area (Å²) in [4.78, 5) is 9.26. The van der Waals surface area contributed by atoms with Gasteiger partial charge in [0, 0.05) is 29.9 Å². The van der Waals surface area contributed by atoms with E-state index in [1.807, 2.05) is 0 Å². The lowest BCUT2D eigenvalue weighted by molar-refractivity contribution is 0.149. The zero-order chi connectivity index (χ0) is 14.7. The van der Waals surface area contributed by atoms with Gasteiger partial charge in [-0.25, -0.2) is 4.98 Å². The van der Waals surface area contributed by atoms with Gasteiger partial charge in [-0.3, -0.25) is 4.90 Å². The van der Waals surface area contributed by atoms with Gasteiger partial charge < -0.3 is 4.90 Å². The Morgan fingerprint density at radius 2 is 1.76 bits per heavy atom. The molecule has 0 N–H and O–H groups in total. The third kappa shape index (κ3) is 4.32. The van der Waals surface area contributed by atoms with E-state index in [0.29, 0.717) is 5.15 Å². The van der Waals surface area contributed by atoms with Crippen molar-refractivity contribution in [2.24, 2.45) is 5.92 Å². The largest absolute Gasteiger partial charge is 0.303 e. The Kier molecular flexibility index (Phi) is 5.38. The summed E-state index contributed by atoms with van der Waals surface area (Å²) in [5.74, 6) is 0.873. The van der Waals surface area contributed by atoms with E-state index in [2.05, 4.69) is 14.8 Å². The van der Waals surface area contributed by atoms with Crippen LogP contribution in [0.3, 0.4) is 0 Å². The molecule has 5 heteroatoms. The molecule has 0 saturated carbocycles. The molecule has 0 amide bonds. The first-order chi connectivity index (χ1) is 10.2. The lowest BCUT2D eigenvalue weighted by Gasteiger charge is -2.33. The normalized spacial score (nSPS) is 22.0. The van der Waals surface area contributed by atoms with Gasteiger partial charge in [0.1, 0.15) is 5.15 Å². The molecular weight excluding hydrogens is 305 g/mol. The van der Waals surface area contributed by atoms with Crippen LogP contribution in [0.1, 0.15) is 31.2 Å². The maximum Gasteiger partial charge on any atom is 0.130 e. The SMILES string of the molecule is Clc1cc(Cl)c(CN2CCC(CN3CCCC3)CC2)cn1. The number of aromatic nitrogens is 1. The second kappa shape index (κ2) is 7.28. The van der Waals surface area contributed by atoms with Crippen molar-refractivity contribution in [2.45, 2.75) is 32.2 Å². The Hall–Kier alpha value is -0.350. The zero-order valence-corrected chi connectivity index (χ0v) is 13.9. The summed E-state index contributed by atoms with van der Waals surface area (Å²) in [5.41, 5.74) is 1.08. The van der Waals surface area contributed by atoms with Crippen LogP contribution in [0.5, 0.6) is 0 Å². The quantitative estimate of drug-likeness (QED) is 0.786. The molecule has 3 nitrogen and oxygen atoms in total. The number of nitrogens with zero attached hydrogens (tertiary/aromatic N) is 3. The minimum atomic E-state index is 0.466. The molecule has 0 atom stereocenters. The average Bonchev–Trinajstić information content (AvgIpc) is 2.97. The number of pyridine rings is 1. The predicted molar refractivity (Wildman–Crippen MR) is 87.9 cm³/mol. The molecule has 0 radical (unpaired) electrons. The molecule has 2 fully saturated rings. The average molecular weight is 328 g/mol. The summed E-state index contributed by atoms with van der Waals surface area (Å²) in [6.07, 6.45) is 7.19. The minimum absolute atomic E-state index is 0.466. The standard InChI is InChI=1S/C16H23Cl2N3/c17-15-9-16(18)19-10-14(15)12-21-7-3-13(4-8-21)11-20-5-1-2-6-20/h9-10,13H,1-8,11-12H2. The zero-order valence-electron chi connectivity index (χ0n) is 12.4. The smallest absolute Gasteiger partial charge is 0.130 e. The van der Waals surface area contributed by atoms with Crippen LogP contribution in [0.25, 0.3) is 0 Å². The highest BCUT2D eigenvalue weighted by molar-refractivity contribution is 6.34. The highest BCUT2D eigenvalue weighted by Crippen LogP contribution is 2.24. The van der Waals surface area contributed by atoms with Gasteiger partial charge in [0.25, 0.3) is 0 Å². The fraction of sp³-hybridized carbons (Fsp3) is 0.688. The Morgan fingerprint density at radius 1 is 1.05 bits per heavy atom. The highest BCUT2D eigenvalue weighted by Gasteiger charge is 2.23. The molecule has 2 aliphatic heterocycles. The van der Waals surface area contributed by atoms with E-state index in [9.17, 15) is 0 Å². The van der Waals surface area contributed by atoms with Crippen LogP contribution in [-0.4, -0.2) is 47.5 Å². The highest BCUT2D eigenvalue weighted by atomic mass is 35.5. The lowest BCUT2D eigenvalue weighted by atomic mass is 9.96. The van der Waals surface area contributed by atoms with E-state index in [0.717, 1.165) is 36.1 Å². The summed E-state index contributed by atoms with van der Waals surface area (Å²) in [7, 11) is 0. The molecule has 3 heterocycles. The van der Waals surface area contributed by atoms with Gasteiger partial charge in [-0.15, -0.1) is 0 Å². The van der Waals surface area contributed by atoms with E-state index in [1.165, 1.54) is 45.3 Å². The topological polar surface area (TPSA) is 19.4 Å². The molecule has 116 valence electrons. The minimum Gasteiger partial charge on any atom is -0.303 e. The molecule has 0 aliphatic carbocycles. The molecule has 0 unspecified atom stereocenters. The van der Waals surface area contributed by atoms with Crippen molar-refractivity contribution < 1.29 is 0 Å². The molecule has 1 aromatic heterocycles. The van der Waals surface area contributed by atoms with Gasteiger partial charge in [0.2, 0.25) is 0 Å². The second-order valence-electron chi connectivity index (χ2n) is 6.33. The maximum absolute atomic E-state index is 6.23. The van der Waals surface area contributed by atoms with Crippen LogP contribution in [0, 0.1) is 5.92 Å². The van der Waals surface area contributed by atoms with E-state index >= 15 is 0 Å². The predicted octanol–water partition coefficient (Wildman–Crippen LogP) is 3.70. The molecule has 21 heavy (non-hydrogen) atoms. The molecule has 2 aliphatic rings. The first-order valence-corrected chi connectivity index (χ1v) is 8.71. The molecule has 2 saturated heterocycles. The van der Waals surface area contributed by atoms with Crippen LogP contribution < -0.4 is 0 Å². The fourth-order valence-electron chi connectivity index (χ4n) is 3.45. The van der Waals surface area contributed by atoms with E-state index < -0.39 is 0 Å². The van der Waals surface area contributed by atoms with E-state index in [4.69, 9.17) is 23.2 Å². The van der Waals surface area contributed by atoms with Crippen molar-refractivity contribution in [1.29, 1.82) is 0 Å². The van der Waals surface area contributed by atoms with E-state index in [1.54, 1.807) is 12.3 Å². The number of likely N-dealkylation sites (tertiary alicyclic amines) is 2. The fourth-order valence-corrected chi connectivity index (χ4v) is 3.88.